The first-order valence-electron chi connectivity index (χ1n) is 9.54. The lowest BCUT2D eigenvalue weighted by atomic mass is 9.93. The predicted octanol–water partition coefficient (Wildman–Crippen LogP) is 3.92. The van der Waals surface area contributed by atoms with E-state index >= 15 is 0 Å². The van der Waals surface area contributed by atoms with Crippen LogP contribution in [0.3, 0.4) is 0 Å². The second kappa shape index (κ2) is 8.81. The molecule has 1 unspecified atom stereocenters. The molecule has 0 aliphatic carbocycles. The van der Waals surface area contributed by atoms with Crippen LogP contribution in [0.15, 0.2) is 0 Å². The summed E-state index contributed by atoms with van der Waals surface area (Å²) in [6.45, 7) is 5.98. The molecule has 1 atom stereocenters. The molecule has 3 heterocycles. The number of hydrogen-bond donors (Lipinski definition) is 0. The number of imidazole rings is 1. The lowest BCUT2D eigenvalue weighted by Crippen LogP contribution is -2.42. The number of ether oxygens (including phenoxy) is 1. The quantitative estimate of drug-likeness (QED) is 0.768. The second-order valence-electron chi connectivity index (χ2n) is 7.19. The van der Waals surface area contributed by atoms with E-state index in [-0.39, 0.29) is 6.09 Å². The monoisotopic (exact) mass is 402 g/mol. The summed E-state index contributed by atoms with van der Waals surface area (Å²) in [6, 6.07) is 0.545. The molecule has 146 valence electrons. The molecule has 6 nitrogen and oxygen atoms in total. The molecule has 0 spiro atoms. The van der Waals surface area contributed by atoms with E-state index in [0.29, 0.717) is 28.9 Å². The fraction of sp³-hybridized carbons (Fsp3) is 0.778. The van der Waals surface area contributed by atoms with Crippen LogP contribution in [0.4, 0.5) is 4.79 Å². The van der Waals surface area contributed by atoms with Gasteiger partial charge in [0, 0.05) is 32.1 Å². The van der Waals surface area contributed by atoms with Gasteiger partial charge in [-0.3, -0.25) is 0 Å². The molecule has 0 bridgehead atoms. The van der Waals surface area contributed by atoms with Gasteiger partial charge in [0.25, 0.3) is 0 Å². The Kier molecular flexibility index (Phi) is 6.70. The van der Waals surface area contributed by atoms with E-state index in [0.717, 1.165) is 64.1 Å². The number of amides is 1. The molecule has 26 heavy (non-hydrogen) atoms. The van der Waals surface area contributed by atoms with E-state index in [9.17, 15) is 4.79 Å². The minimum Gasteiger partial charge on any atom is -0.450 e. The van der Waals surface area contributed by atoms with Crippen molar-refractivity contribution in [3.05, 3.63) is 16.1 Å². The molecule has 2 saturated heterocycles. The topological polar surface area (TPSA) is 50.6 Å². The minimum atomic E-state index is -0.171. The Bertz CT molecular complexity index is 629. The van der Waals surface area contributed by atoms with Crippen molar-refractivity contribution in [3.63, 3.8) is 0 Å². The van der Waals surface area contributed by atoms with E-state index in [1.165, 1.54) is 0 Å². The third-order valence-electron chi connectivity index (χ3n) is 5.66. The van der Waals surface area contributed by atoms with Crippen molar-refractivity contribution in [2.24, 2.45) is 7.05 Å². The van der Waals surface area contributed by atoms with E-state index in [2.05, 4.69) is 9.88 Å². The molecule has 0 aromatic carbocycles. The molecule has 2 aliphatic rings. The fourth-order valence-electron chi connectivity index (χ4n) is 4.19. The van der Waals surface area contributed by atoms with Crippen molar-refractivity contribution in [1.29, 1.82) is 0 Å². The standard InChI is InChI=1S/C18H28Cl2N4O2/c1-3-26-18(25)24-9-4-5-14(8-12-24)23-10-6-13(7-11-23)17-21-15(19)16(20)22(17)2/h13-14H,3-12H2,1-2H3. The molecule has 0 N–H and O–H groups in total. The van der Waals surface area contributed by atoms with Crippen LogP contribution in [0.2, 0.25) is 10.3 Å². The molecular formula is C18H28Cl2N4O2. The molecule has 1 aromatic rings. The first kappa shape index (κ1) is 19.8. The van der Waals surface area contributed by atoms with Crippen molar-refractivity contribution in [1.82, 2.24) is 19.4 Å². The van der Waals surface area contributed by atoms with Gasteiger partial charge in [-0.2, -0.15) is 0 Å². The fourth-order valence-corrected chi connectivity index (χ4v) is 4.53. The van der Waals surface area contributed by atoms with Gasteiger partial charge >= 0.3 is 6.09 Å². The van der Waals surface area contributed by atoms with Crippen molar-refractivity contribution < 1.29 is 9.53 Å². The van der Waals surface area contributed by atoms with E-state index < -0.39 is 0 Å². The summed E-state index contributed by atoms with van der Waals surface area (Å²) >= 11 is 12.2. The normalized spacial score (nSPS) is 23.1. The molecular weight excluding hydrogens is 375 g/mol. The van der Waals surface area contributed by atoms with Gasteiger partial charge in [0.1, 0.15) is 11.0 Å². The molecule has 0 radical (unpaired) electrons. The molecule has 2 fully saturated rings. The van der Waals surface area contributed by atoms with Crippen LogP contribution in [0, 0.1) is 0 Å². The van der Waals surface area contributed by atoms with E-state index in [1.54, 1.807) is 0 Å². The van der Waals surface area contributed by atoms with E-state index in [1.807, 2.05) is 23.4 Å². The maximum Gasteiger partial charge on any atom is 0.409 e. The second-order valence-corrected chi connectivity index (χ2v) is 7.91. The lowest BCUT2D eigenvalue weighted by Gasteiger charge is -2.37. The van der Waals surface area contributed by atoms with Crippen LogP contribution >= 0.6 is 23.2 Å². The molecule has 8 heteroatoms. The number of piperidine rings is 1. The summed E-state index contributed by atoms with van der Waals surface area (Å²) in [5.41, 5.74) is 0. The van der Waals surface area contributed by atoms with Gasteiger partial charge in [0.05, 0.1) is 6.61 Å². The Morgan fingerprint density at radius 3 is 2.50 bits per heavy atom. The summed E-state index contributed by atoms with van der Waals surface area (Å²) in [5, 5.41) is 0.918. The highest BCUT2D eigenvalue weighted by Gasteiger charge is 2.30. The summed E-state index contributed by atoms with van der Waals surface area (Å²) in [5.74, 6) is 1.40. The van der Waals surface area contributed by atoms with E-state index in [4.69, 9.17) is 27.9 Å². The van der Waals surface area contributed by atoms with Crippen LogP contribution in [-0.4, -0.2) is 64.3 Å². The van der Waals surface area contributed by atoms with Crippen molar-refractivity contribution >= 4 is 29.3 Å². The Hall–Kier alpha value is -0.980. The highest BCUT2D eigenvalue weighted by molar-refractivity contribution is 6.40. The highest BCUT2D eigenvalue weighted by atomic mass is 35.5. The number of carbonyl (C=O) groups excluding carboxylic acids is 1. The Morgan fingerprint density at radius 2 is 1.88 bits per heavy atom. The summed E-state index contributed by atoms with van der Waals surface area (Å²) in [4.78, 5) is 20.8. The first-order valence-corrected chi connectivity index (χ1v) is 10.3. The lowest BCUT2D eigenvalue weighted by molar-refractivity contribution is 0.105. The predicted molar refractivity (Wildman–Crippen MR) is 103 cm³/mol. The van der Waals surface area contributed by atoms with Crippen LogP contribution in [-0.2, 0) is 11.8 Å². The zero-order valence-electron chi connectivity index (χ0n) is 15.6. The van der Waals surface area contributed by atoms with Crippen molar-refractivity contribution in [2.75, 3.05) is 32.8 Å². The molecule has 3 rings (SSSR count). The SMILES string of the molecule is CCOC(=O)N1CCCC(N2CCC(c3nc(Cl)c(Cl)n3C)CC2)CC1. The van der Waals surface area contributed by atoms with Crippen molar-refractivity contribution in [3.8, 4) is 0 Å². The maximum atomic E-state index is 12.0. The van der Waals surface area contributed by atoms with Gasteiger partial charge in [-0.25, -0.2) is 9.78 Å². The van der Waals surface area contributed by atoms with Gasteiger partial charge in [-0.05, 0) is 52.1 Å². The third-order valence-corrected chi connectivity index (χ3v) is 6.45. The maximum absolute atomic E-state index is 12.0. The number of nitrogens with zero attached hydrogens (tertiary/aromatic N) is 4. The average Bonchev–Trinajstić information content (AvgIpc) is 2.84. The molecule has 2 aliphatic heterocycles. The summed E-state index contributed by atoms with van der Waals surface area (Å²) in [7, 11) is 1.93. The highest BCUT2D eigenvalue weighted by Crippen LogP contribution is 2.33. The number of carbonyl (C=O) groups is 1. The largest absolute Gasteiger partial charge is 0.450 e. The van der Waals surface area contributed by atoms with Gasteiger partial charge in [-0.15, -0.1) is 0 Å². The van der Waals surface area contributed by atoms with Crippen LogP contribution in [0.5, 0.6) is 0 Å². The molecule has 1 amide bonds. The Balaban J connectivity index is 1.53. The molecule has 1 aromatic heterocycles. The van der Waals surface area contributed by atoms with Gasteiger partial charge in [-0.1, -0.05) is 23.2 Å². The van der Waals surface area contributed by atoms with Gasteiger partial charge in [0.15, 0.2) is 5.15 Å². The van der Waals surface area contributed by atoms with Crippen LogP contribution in [0.25, 0.3) is 0 Å². The summed E-state index contributed by atoms with van der Waals surface area (Å²) < 4.78 is 7.06. The number of hydrogen-bond acceptors (Lipinski definition) is 4. The Labute approximate surface area is 165 Å². The number of aromatic nitrogens is 2. The summed E-state index contributed by atoms with van der Waals surface area (Å²) in [6.07, 6.45) is 5.15. The van der Waals surface area contributed by atoms with Gasteiger partial charge in [0.2, 0.25) is 0 Å². The number of halogens is 2. The minimum absolute atomic E-state index is 0.171. The number of rotatable bonds is 3. The molecule has 0 saturated carbocycles. The average molecular weight is 403 g/mol. The third kappa shape index (κ3) is 4.29. The van der Waals surface area contributed by atoms with Crippen LogP contribution in [0.1, 0.15) is 50.8 Å². The zero-order chi connectivity index (χ0) is 18.7. The Morgan fingerprint density at radius 1 is 1.15 bits per heavy atom. The van der Waals surface area contributed by atoms with Crippen molar-refractivity contribution in [2.45, 2.75) is 51.0 Å². The first-order chi connectivity index (χ1) is 12.5. The van der Waals surface area contributed by atoms with Gasteiger partial charge < -0.3 is 19.1 Å². The number of likely N-dealkylation sites (tertiary alicyclic amines) is 2. The van der Waals surface area contributed by atoms with Crippen LogP contribution < -0.4 is 0 Å². The zero-order valence-corrected chi connectivity index (χ0v) is 17.1. The smallest absolute Gasteiger partial charge is 0.409 e.